The molecule has 1 aliphatic heterocycles. The highest BCUT2D eigenvalue weighted by Crippen LogP contribution is 2.39. The van der Waals surface area contributed by atoms with Gasteiger partial charge in [-0.1, -0.05) is 112 Å². The van der Waals surface area contributed by atoms with Gasteiger partial charge in [-0.2, -0.15) is 0 Å². The summed E-state index contributed by atoms with van der Waals surface area (Å²) in [7, 11) is 1.58. The molecule has 0 saturated carbocycles. The average molecular weight is 590 g/mol. The molecule has 1 saturated heterocycles. The van der Waals surface area contributed by atoms with Crippen LogP contribution in [0.3, 0.4) is 0 Å². The van der Waals surface area contributed by atoms with E-state index in [0.29, 0.717) is 39.3 Å². The molecule has 214 valence electrons. The molecule has 4 rings (SSSR count). The highest BCUT2D eigenvalue weighted by molar-refractivity contribution is 8.26. The number of methoxy groups -OCH3 is 1. The van der Waals surface area contributed by atoms with E-state index < -0.39 is 12.0 Å². The number of thiocarbonyl (C=S) groups is 1. The number of carbonyl (C=O) groups is 2. The van der Waals surface area contributed by atoms with E-state index in [1.165, 1.54) is 10.5 Å². The molecule has 1 fully saturated rings. The molecule has 0 aliphatic carbocycles. The van der Waals surface area contributed by atoms with Crippen LogP contribution in [0, 0.1) is 0 Å². The van der Waals surface area contributed by atoms with Gasteiger partial charge in [-0.3, -0.25) is 9.69 Å². The lowest BCUT2D eigenvalue weighted by molar-refractivity contribution is -0.151. The minimum atomic E-state index is -0.955. The van der Waals surface area contributed by atoms with E-state index in [1.807, 2.05) is 43.3 Å². The smallest absolute Gasteiger partial charge is 0.333 e. The van der Waals surface area contributed by atoms with Crippen molar-refractivity contribution in [2.24, 2.45) is 0 Å². The number of rotatable bonds is 10. The quantitative estimate of drug-likeness (QED) is 0.138. The lowest BCUT2D eigenvalue weighted by Gasteiger charge is -2.25. The van der Waals surface area contributed by atoms with E-state index in [-0.39, 0.29) is 17.9 Å². The molecule has 1 heterocycles. The predicted molar refractivity (Wildman–Crippen MR) is 168 cm³/mol. The fourth-order valence-electron chi connectivity index (χ4n) is 4.32. The first kappa shape index (κ1) is 30.3. The fraction of sp³-hybridized carbons (Fsp3) is 0.303. The SMILES string of the molecule is CCCOC(=O)C(c1ccccc1)N1C(=O)/C(=C\c2ccc(OCc3ccc(C(C)(C)C)cc3)c(OC)c2)SC1=S. The van der Waals surface area contributed by atoms with Gasteiger partial charge in [0, 0.05) is 0 Å². The number of benzene rings is 3. The normalized spacial score (nSPS) is 15.2. The zero-order valence-electron chi connectivity index (χ0n) is 24.0. The third-order valence-electron chi connectivity index (χ3n) is 6.57. The summed E-state index contributed by atoms with van der Waals surface area (Å²) in [4.78, 5) is 28.4. The maximum absolute atomic E-state index is 13.6. The van der Waals surface area contributed by atoms with Gasteiger partial charge in [0.05, 0.1) is 18.6 Å². The monoisotopic (exact) mass is 589 g/mol. The van der Waals surface area contributed by atoms with Gasteiger partial charge < -0.3 is 14.2 Å². The van der Waals surface area contributed by atoms with Crippen LogP contribution in [0.25, 0.3) is 6.08 Å². The first-order chi connectivity index (χ1) is 19.6. The van der Waals surface area contributed by atoms with Gasteiger partial charge in [0.2, 0.25) is 0 Å². The van der Waals surface area contributed by atoms with E-state index >= 15 is 0 Å². The fourth-order valence-corrected chi connectivity index (χ4v) is 5.63. The van der Waals surface area contributed by atoms with Crippen LogP contribution in [-0.4, -0.2) is 34.8 Å². The van der Waals surface area contributed by atoms with Crippen molar-refractivity contribution < 1.29 is 23.8 Å². The second kappa shape index (κ2) is 13.4. The number of ether oxygens (including phenoxy) is 3. The Morgan fingerprint density at radius 1 is 1.02 bits per heavy atom. The van der Waals surface area contributed by atoms with Crippen LogP contribution in [0.15, 0.2) is 77.7 Å². The van der Waals surface area contributed by atoms with Crippen LogP contribution in [0.2, 0.25) is 0 Å². The Hall–Kier alpha value is -3.62. The second-order valence-electron chi connectivity index (χ2n) is 10.7. The van der Waals surface area contributed by atoms with Gasteiger partial charge in [-0.15, -0.1) is 0 Å². The Kier molecular flexibility index (Phi) is 9.89. The zero-order chi connectivity index (χ0) is 29.6. The van der Waals surface area contributed by atoms with Crippen LogP contribution >= 0.6 is 24.0 Å². The standard InChI is InChI=1S/C33H35NO5S2/c1-6-18-38-31(36)29(24-10-8-7-9-11-24)34-30(35)28(41-32(34)40)20-23-14-17-26(27(19-23)37-5)39-21-22-12-15-25(16-13-22)33(2,3)4/h7-17,19-20,29H,6,18,21H2,1-5H3/b28-20+. The number of nitrogens with zero attached hydrogens (tertiary/aromatic N) is 1. The highest BCUT2D eigenvalue weighted by Gasteiger charge is 2.42. The Morgan fingerprint density at radius 2 is 1.73 bits per heavy atom. The van der Waals surface area contributed by atoms with E-state index in [9.17, 15) is 9.59 Å². The van der Waals surface area contributed by atoms with Crippen LogP contribution < -0.4 is 9.47 Å². The molecule has 0 aromatic heterocycles. The maximum atomic E-state index is 13.6. The van der Waals surface area contributed by atoms with Crippen molar-refractivity contribution in [1.29, 1.82) is 0 Å². The summed E-state index contributed by atoms with van der Waals surface area (Å²) in [6, 6.07) is 22.0. The van der Waals surface area contributed by atoms with Crippen molar-refractivity contribution >= 4 is 46.3 Å². The van der Waals surface area contributed by atoms with Crippen molar-refractivity contribution in [2.45, 2.75) is 52.2 Å². The summed E-state index contributed by atoms with van der Waals surface area (Å²) in [5.74, 6) is 0.290. The number of hydrogen-bond donors (Lipinski definition) is 0. The molecule has 1 unspecified atom stereocenters. The minimum absolute atomic E-state index is 0.0908. The van der Waals surface area contributed by atoms with Gasteiger partial charge in [0.1, 0.15) is 10.9 Å². The molecule has 3 aromatic rings. The van der Waals surface area contributed by atoms with Crippen LogP contribution in [-0.2, 0) is 26.3 Å². The molecule has 1 amide bonds. The van der Waals surface area contributed by atoms with Gasteiger partial charge in [0.25, 0.3) is 5.91 Å². The molecule has 1 atom stereocenters. The predicted octanol–water partition coefficient (Wildman–Crippen LogP) is 7.47. The average Bonchev–Trinajstić information content (AvgIpc) is 3.23. The summed E-state index contributed by atoms with van der Waals surface area (Å²) in [6.45, 7) is 9.14. The molecule has 3 aromatic carbocycles. The third kappa shape index (κ3) is 7.37. The molecule has 0 N–H and O–H groups in total. The number of carbonyl (C=O) groups excluding carboxylic acids is 2. The molecular formula is C33H35NO5S2. The van der Waals surface area contributed by atoms with E-state index in [2.05, 4.69) is 45.0 Å². The summed E-state index contributed by atoms with van der Waals surface area (Å²) in [6.07, 6.45) is 2.42. The first-order valence-electron chi connectivity index (χ1n) is 13.5. The van der Waals surface area contributed by atoms with Crippen LogP contribution in [0.4, 0.5) is 0 Å². The largest absolute Gasteiger partial charge is 0.493 e. The molecule has 0 bridgehead atoms. The van der Waals surface area contributed by atoms with Crippen LogP contribution in [0.5, 0.6) is 11.5 Å². The van der Waals surface area contributed by atoms with Crippen molar-refractivity contribution in [3.8, 4) is 11.5 Å². The lowest BCUT2D eigenvalue weighted by atomic mass is 9.87. The Balaban J connectivity index is 1.52. The topological polar surface area (TPSA) is 65.1 Å². The molecule has 1 aliphatic rings. The number of amides is 1. The lowest BCUT2D eigenvalue weighted by Crippen LogP contribution is -2.38. The van der Waals surface area contributed by atoms with E-state index in [0.717, 1.165) is 22.9 Å². The van der Waals surface area contributed by atoms with Gasteiger partial charge >= 0.3 is 5.97 Å². The minimum Gasteiger partial charge on any atom is -0.493 e. The number of esters is 1. The number of thioether (sulfide) groups is 1. The van der Waals surface area contributed by atoms with Gasteiger partial charge in [-0.05, 0) is 52.3 Å². The van der Waals surface area contributed by atoms with E-state index in [4.69, 9.17) is 26.4 Å². The molecule has 8 heteroatoms. The van der Waals surface area contributed by atoms with Gasteiger partial charge in [0.15, 0.2) is 17.5 Å². The van der Waals surface area contributed by atoms with Crippen molar-refractivity contribution in [3.63, 3.8) is 0 Å². The van der Waals surface area contributed by atoms with Crippen molar-refractivity contribution in [2.75, 3.05) is 13.7 Å². The summed E-state index contributed by atoms with van der Waals surface area (Å²) in [5.41, 5.74) is 3.80. The number of hydrogen-bond acceptors (Lipinski definition) is 7. The molecule has 0 spiro atoms. The maximum Gasteiger partial charge on any atom is 0.333 e. The Bertz CT molecular complexity index is 1430. The van der Waals surface area contributed by atoms with Crippen molar-refractivity contribution in [3.05, 3.63) is 100.0 Å². The summed E-state index contributed by atoms with van der Waals surface area (Å²) in [5, 5.41) is 0. The van der Waals surface area contributed by atoms with E-state index in [1.54, 1.807) is 25.3 Å². The summed E-state index contributed by atoms with van der Waals surface area (Å²) < 4.78 is 17.4. The Labute approximate surface area is 251 Å². The molecule has 0 radical (unpaired) electrons. The highest BCUT2D eigenvalue weighted by atomic mass is 32.2. The second-order valence-corrected chi connectivity index (χ2v) is 12.4. The molecular weight excluding hydrogens is 554 g/mol. The van der Waals surface area contributed by atoms with Crippen LogP contribution in [0.1, 0.15) is 62.4 Å². The molecule has 41 heavy (non-hydrogen) atoms. The summed E-state index contributed by atoms with van der Waals surface area (Å²) >= 11 is 6.73. The Morgan fingerprint density at radius 3 is 2.37 bits per heavy atom. The van der Waals surface area contributed by atoms with Crippen molar-refractivity contribution in [1.82, 2.24) is 4.90 Å². The first-order valence-corrected chi connectivity index (χ1v) is 14.7. The zero-order valence-corrected chi connectivity index (χ0v) is 25.6. The molecule has 6 nitrogen and oxygen atoms in total. The third-order valence-corrected chi connectivity index (χ3v) is 7.90. The van der Waals surface area contributed by atoms with Gasteiger partial charge in [-0.25, -0.2) is 4.79 Å².